The fourth-order valence-electron chi connectivity index (χ4n) is 2.07. The van der Waals surface area contributed by atoms with Crippen molar-refractivity contribution in [2.45, 2.75) is 113 Å². The third-order valence-corrected chi connectivity index (χ3v) is 12.9. The maximum Gasteiger partial charge on any atom is 0.355 e. The maximum atomic E-state index is 11.4. The van der Waals surface area contributed by atoms with Gasteiger partial charge in [-0.05, 0) is 53.4 Å². The number of rotatable bonds is 24. The zero-order chi connectivity index (χ0) is 38.5. The lowest BCUT2D eigenvalue weighted by Gasteiger charge is -2.16. The first-order valence-electron chi connectivity index (χ1n) is 15.6. The Hall–Kier alpha value is 0.440. The lowest BCUT2D eigenvalue weighted by molar-refractivity contribution is 0.0806. The van der Waals surface area contributed by atoms with Gasteiger partial charge in [-0.1, -0.05) is 35.1 Å². The van der Waals surface area contributed by atoms with Crippen LogP contribution < -0.4 is 0 Å². The predicted molar refractivity (Wildman–Crippen MR) is 196 cm³/mol. The highest BCUT2D eigenvalue weighted by atomic mass is 31.2. The second-order valence-electron chi connectivity index (χ2n) is 9.96. The van der Waals surface area contributed by atoms with Gasteiger partial charge in [0, 0.05) is 56.9 Å². The second kappa shape index (κ2) is 34.2. The van der Waals surface area contributed by atoms with Crippen LogP contribution in [0, 0.1) is 0 Å². The number of hydrogen-bond acceptors (Lipinski definition) is 16. The van der Waals surface area contributed by atoms with Gasteiger partial charge in [-0.15, -0.1) is 0 Å². The molecule has 0 spiro atoms. The molecule has 0 aromatic carbocycles. The molecule has 0 bridgehead atoms. The molecule has 0 fully saturated rings. The summed E-state index contributed by atoms with van der Waals surface area (Å²) in [6, 6.07) is 0. The summed E-state index contributed by atoms with van der Waals surface area (Å²) in [4.78, 5) is 0. The van der Waals surface area contributed by atoms with Crippen LogP contribution in [0.1, 0.15) is 88.5 Å². The third kappa shape index (κ3) is 32.8. The van der Waals surface area contributed by atoms with Crippen molar-refractivity contribution in [3.8, 4) is 0 Å². The summed E-state index contributed by atoms with van der Waals surface area (Å²) < 4.78 is 104. The Bertz CT molecular complexity index is 751. The molecule has 0 aliphatic rings. The molecule has 0 rings (SSSR count). The van der Waals surface area contributed by atoms with Gasteiger partial charge in [0.2, 0.25) is 0 Å². The zero-order valence-corrected chi connectivity index (χ0v) is 35.9. The van der Waals surface area contributed by atoms with Crippen LogP contribution in [-0.2, 0) is 73.4 Å². The van der Waals surface area contributed by atoms with Crippen LogP contribution >= 0.6 is 30.4 Å². The van der Waals surface area contributed by atoms with E-state index in [-0.39, 0.29) is 57.2 Å². The van der Waals surface area contributed by atoms with Crippen LogP contribution in [0.4, 0.5) is 0 Å². The van der Waals surface area contributed by atoms with Crippen LogP contribution in [-0.4, -0.2) is 107 Å². The van der Waals surface area contributed by atoms with E-state index in [2.05, 4.69) is 0 Å². The molecule has 16 nitrogen and oxygen atoms in total. The van der Waals surface area contributed by atoms with E-state index in [4.69, 9.17) is 55.1 Å². The fourth-order valence-corrected chi connectivity index (χ4v) is 5.25. The van der Waals surface area contributed by atoms with Crippen molar-refractivity contribution in [1.82, 2.24) is 0 Å². The molecule has 0 heterocycles. The molecule has 0 amide bonds. The van der Waals surface area contributed by atoms with E-state index in [1.807, 2.05) is 55.4 Å². The van der Waals surface area contributed by atoms with Crippen molar-refractivity contribution in [2.75, 3.05) is 82.3 Å². The van der Waals surface area contributed by atoms with Crippen LogP contribution in [0.15, 0.2) is 0 Å². The molecule has 0 radical (unpaired) electrons. The van der Waals surface area contributed by atoms with E-state index in [0.29, 0.717) is 0 Å². The van der Waals surface area contributed by atoms with Crippen molar-refractivity contribution in [1.29, 1.82) is 0 Å². The molecule has 0 aliphatic carbocycles. The van der Waals surface area contributed by atoms with Crippen molar-refractivity contribution < 1.29 is 73.4 Å². The Morgan fingerprint density at radius 3 is 0.551 bits per heavy atom. The zero-order valence-electron chi connectivity index (χ0n) is 32.3. The summed E-state index contributed by atoms with van der Waals surface area (Å²) in [5, 5.41) is 0. The first-order valence-corrected chi connectivity index (χ1v) is 22.5. The Morgan fingerprint density at radius 2 is 0.469 bits per heavy atom. The molecule has 0 saturated heterocycles. The Labute approximate surface area is 298 Å². The van der Waals surface area contributed by atoms with E-state index in [0.717, 1.165) is 25.7 Å². The topological polar surface area (TPSA) is 179 Å². The maximum absolute atomic E-state index is 11.4. The van der Waals surface area contributed by atoms with Crippen molar-refractivity contribution in [3.05, 3.63) is 0 Å². The van der Waals surface area contributed by atoms with Gasteiger partial charge < -0.3 is 55.1 Å². The molecule has 0 N–H and O–H groups in total. The third-order valence-electron chi connectivity index (χ3n) is 6.59. The van der Waals surface area contributed by atoms with Crippen molar-refractivity contribution >= 4 is 30.4 Å². The van der Waals surface area contributed by atoms with Gasteiger partial charge >= 0.3 is 30.4 Å². The first kappa shape index (κ1) is 58.7. The highest BCUT2D eigenvalue weighted by Gasteiger charge is 2.24. The minimum atomic E-state index is -2.97. The summed E-state index contributed by atoms with van der Waals surface area (Å²) in [6.45, 7) is 15.6. The number of hydrogen-bond donors (Lipinski definition) is 0. The molecule has 0 aromatic heterocycles. The molecular weight excluding hydrogens is 728 g/mol. The van der Waals surface area contributed by atoms with Crippen LogP contribution in [0.25, 0.3) is 0 Å². The number of ether oxygens (including phenoxy) is 4. The van der Waals surface area contributed by atoms with Crippen molar-refractivity contribution in [2.24, 2.45) is 0 Å². The van der Waals surface area contributed by atoms with Gasteiger partial charge in [0.25, 0.3) is 0 Å². The van der Waals surface area contributed by atoms with E-state index in [1.165, 1.54) is 56.9 Å². The Balaban J connectivity index is -0.000000174. The van der Waals surface area contributed by atoms with Crippen molar-refractivity contribution in [3.63, 3.8) is 0 Å². The molecule has 4 atom stereocenters. The monoisotopic (exact) mass is 800 g/mol. The van der Waals surface area contributed by atoms with E-state index in [9.17, 15) is 18.3 Å². The van der Waals surface area contributed by atoms with Gasteiger partial charge in [-0.2, -0.15) is 0 Å². The lowest BCUT2D eigenvalue weighted by Crippen LogP contribution is -2.09. The summed E-state index contributed by atoms with van der Waals surface area (Å²) in [6.07, 6.45) is 3.97. The summed E-state index contributed by atoms with van der Waals surface area (Å²) in [7, 11) is -1.07. The van der Waals surface area contributed by atoms with Crippen LogP contribution in [0.3, 0.4) is 0 Å². The van der Waals surface area contributed by atoms with Gasteiger partial charge in [-0.25, -0.2) is 0 Å². The quantitative estimate of drug-likeness (QED) is 0.0841. The Morgan fingerprint density at radius 1 is 0.347 bits per heavy atom. The van der Waals surface area contributed by atoms with Crippen LogP contribution in [0.5, 0.6) is 0 Å². The van der Waals surface area contributed by atoms with E-state index >= 15 is 0 Å². The Kier molecular flexibility index (Phi) is 41.0. The average molecular weight is 801 g/mol. The molecule has 49 heavy (non-hydrogen) atoms. The average Bonchev–Trinajstić information content (AvgIpc) is 3.13. The fraction of sp³-hybridized carbons (Fsp3) is 1.00. The summed E-state index contributed by atoms with van der Waals surface area (Å²) in [5.74, 6) is 0. The van der Waals surface area contributed by atoms with Crippen LogP contribution in [0.2, 0.25) is 0 Å². The minimum Gasteiger partial charge on any atom is -0.366 e. The minimum absolute atomic E-state index is 0. The summed E-state index contributed by atoms with van der Waals surface area (Å²) in [5.41, 5.74) is 0. The SMILES string of the molecule is C.CC[C@@H](C)OCP(=O)(OC)OC.CC[C@@H](C)OCP(=O)(OC)OC.CC[C@H](C)OCP(=O)(OC)OC.CC[C@H](C)OCP(=O)(OC)OC. The van der Waals surface area contributed by atoms with E-state index < -0.39 is 30.4 Å². The lowest BCUT2D eigenvalue weighted by atomic mass is 10.3. The van der Waals surface area contributed by atoms with Gasteiger partial charge in [0.15, 0.2) is 0 Å². The van der Waals surface area contributed by atoms with Gasteiger partial charge in [0.1, 0.15) is 25.4 Å². The van der Waals surface area contributed by atoms with E-state index in [1.54, 1.807) is 0 Å². The molecule has 0 aliphatic heterocycles. The molecule has 0 saturated carbocycles. The van der Waals surface area contributed by atoms with Gasteiger partial charge in [-0.3, -0.25) is 18.3 Å². The second-order valence-corrected chi connectivity index (χ2v) is 18.8. The molecular formula is C29H72O16P4. The largest absolute Gasteiger partial charge is 0.366 e. The first-order chi connectivity index (χ1) is 22.3. The standard InChI is InChI=1S/4C7H17O4P.CH4/c4*1-5-7(2)11-6-12(8,9-3)10-4;/h4*7H,5-6H2,1-4H3;1H4/t4*7-;/m1100./s1. The molecule has 0 aromatic rings. The molecule has 0 unspecified atom stereocenters. The predicted octanol–water partition coefficient (Wildman–Crippen LogP) is 9.62. The normalized spacial score (nSPS) is 14.4. The molecule has 304 valence electrons. The smallest absolute Gasteiger partial charge is 0.355 e. The highest BCUT2D eigenvalue weighted by molar-refractivity contribution is 7.54. The highest BCUT2D eigenvalue weighted by Crippen LogP contribution is 2.48. The molecule has 20 heteroatoms. The summed E-state index contributed by atoms with van der Waals surface area (Å²) >= 11 is 0. The van der Waals surface area contributed by atoms with Gasteiger partial charge in [0.05, 0.1) is 24.4 Å².